The Morgan fingerprint density at radius 1 is 1.50 bits per heavy atom. The van der Waals surface area contributed by atoms with Gasteiger partial charge in [-0.2, -0.15) is 0 Å². The van der Waals surface area contributed by atoms with Crippen LogP contribution in [-0.2, 0) is 0 Å². The normalized spacial score (nSPS) is 10.6. The van der Waals surface area contributed by atoms with Crippen molar-refractivity contribution in [1.29, 1.82) is 0 Å². The molecule has 0 saturated carbocycles. The van der Waals surface area contributed by atoms with Crippen molar-refractivity contribution in [2.45, 2.75) is 13.3 Å². The van der Waals surface area contributed by atoms with Crippen LogP contribution in [0.15, 0.2) is 23.0 Å². The third-order valence-corrected chi connectivity index (χ3v) is 2.27. The van der Waals surface area contributed by atoms with Crippen LogP contribution in [0.1, 0.15) is 13.3 Å². The molecule has 84 valence electrons. The molecule has 0 amide bonds. The van der Waals surface area contributed by atoms with Gasteiger partial charge >= 0.3 is 0 Å². The average Bonchev–Trinajstić information content (AvgIpc) is 2.27. The zero-order valence-corrected chi connectivity index (χ0v) is 9.08. The van der Waals surface area contributed by atoms with E-state index >= 15 is 0 Å². The molecule has 16 heavy (non-hydrogen) atoms. The van der Waals surface area contributed by atoms with E-state index in [1.54, 1.807) is 18.2 Å². The summed E-state index contributed by atoms with van der Waals surface area (Å²) in [4.78, 5) is 18.7. The molecule has 0 aliphatic rings. The molecule has 5 nitrogen and oxygen atoms in total. The molecule has 0 radical (unpaired) electrons. The van der Waals surface area contributed by atoms with Crippen LogP contribution in [0.25, 0.3) is 10.9 Å². The van der Waals surface area contributed by atoms with Crippen LogP contribution >= 0.6 is 0 Å². The number of anilines is 2. The Morgan fingerprint density at radius 2 is 2.31 bits per heavy atom. The van der Waals surface area contributed by atoms with Crippen LogP contribution in [0, 0.1) is 0 Å². The van der Waals surface area contributed by atoms with Crippen molar-refractivity contribution in [1.82, 2.24) is 9.97 Å². The van der Waals surface area contributed by atoms with Gasteiger partial charge in [0.1, 0.15) is 0 Å². The van der Waals surface area contributed by atoms with E-state index in [0.29, 0.717) is 22.5 Å². The third kappa shape index (κ3) is 1.98. The minimum atomic E-state index is -0.170. The van der Waals surface area contributed by atoms with Crippen molar-refractivity contribution in [3.8, 4) is 0 Å². The zero-order valence-electron chi connectivity index (χ0n) is 9.08. The highest BCUT2D eigenvalue weighted by Crippen LogP contribution is 2.12. The molecule has 1 aromatic heterocycles. The number of fused-ring (bicyclic) bond motifs is 1. The van der Waals surface area contributed by atoms with Crippen molar-refractivity contribution in [2.75, 3.05) is 17.6 Å². The van der Waals surface area contributed by atoms with Gasteiger partial charge in [-0.3, -0.25) is 9.78 Å². The first-order chi connectivity index (χ1) is 7.70. The SMILES string of the molecule is CCCNc1nc2ccc(N)cc2c(=O)[nH]1. The van der Waals surface area contributed by atoms with E-state index in [9.17, 15) is 4.79 Å². The molecule has 1 heterocycles. The second kappa shape index (κ2) is 4.22. The number of hydrogen-bond acceptors (Lipinski definition) is 4. The number of nitrogens with one attached hydrogen (secondary N) is 2. The number of rotatable bonds is 3. The Bertz CT molecular complexity index is 561. The lowest BCUT2D eigenvalue weighted by Gasteiger charge is -2.04. The van der Waals surface area contributed by atoms with Crippen LogP contribution in [0.2, 0.25) is 0 Å². The van der Waals surface area contributed by atoms with Crippen molar-refractivity contribution >= 4 is 22.5 Å². The number of nitrogens with two attached hydrogens (primary N) is 1. The Labute approximate surface area is 92.7 Å². The fourth-order valence-corrected chi connectivity index (χ4v) is 1.48. The van der Waals surface area contributed by atoms with Crippen molar-refractivity contribution < 1.29 is 0 Å². The monoisotopic (exact) mass is 218 g/mol. The number of benzene rings is 1. The summed E-state index contributed by atoms with van der Waals surface area (Å²) in [5, 5.41) is 3.56. The molecule has 0 unspecified atom stereocenters. The minimum Gasteiger partial charge on any atom is -0.399 e. The molecule has 0 aliphatic carbocycles. The summed E-state index contributed by atoms with van der Waals surface area (Å²) in [5.74, 6) is 0.504. The van der Waals surface area contributed by atoms with Gasteiger partial charge in [-0.25, -0.2) is 4.98 Å². The number of nitrogen functional groups attached to an aromatic ring is 1. The van der Waals surface area contributed by atoms with Gasteiger partial charge in [-0.05, 0) is 24.6 Å². The lowest BCUT2D eigenvalue weighted by atomic mass is 10.2. The van der Waals surface area contributed by atoms with E-state index in [1.807, 2.05) is 6.92 Å². The first-order valence-corrected chi connectivity index (χ1v) is 5.24. The molecule has 2 aromatic rings. The number of nitrogens with zero attached hydrogens (tertiary/aromatic N) is 1. The van der Waals surface area contributed by atoms with Crippen LogP contribution in [0.5, 0.6) is 0 Å². The fraction of sp³-hybridized carbons (Fsp3) is 0.273. The summed E-state index contributed by atoms with van der Waals surface area (Å²) in [7, 11) is 0. The summed E-state index contributed by atoms with van der Waals surface area (Å²) < 4.78 is 0. The molecule has 0 fully saturated rings. The molecule has 0 bridgehead atoms. The molecular weight excluding hydrogens is 204 g/mol. The van der Waals surface area contributed by atoms with E-state index in [2.05, 4.69) is 15.3 Å². The lowest BCUT2D eigenvalue weighted by Crippen LogP contribution is -2.13. The molecule has 1 aromatic carbocycles. The third-order valence-electron chi connectivity index (χ3n) is 2.27. The van der Waals surface area contributed by atoms with Crippen molar-refractivity contribution in [2.24, 2.45) is 0 Å². The molecule has 2 rings (SSSR count). The van der Waals surface area contributed by atoms with E-state index in [-0.39, 0.29) is 5.56 Å². The second-order valence-electron chi connectivity index (χ2n) is 3.62. The second-order valence-corrected chi connectivity index (χ2v) is 3.62. The lowest BCUT2D eigenvalue weighted by molar-refractivity contribution is 0.953. The van der Waals surface area contributed by atoms with E-state index in [1.165, 1.54) is 0 Å². The number of aromatic amines is 1. The first kappa shape index (κ1) is 10.5. The largest absolute Gasteiger partial charge is 0.399 e. The number of H-pyrrole nitrogens is 1. The van der Waals surface area contributed by atoms with Gasteiger partial charge in [-0.15, -0.1) is 0 Å². The smallest absolute Gasteiger partial charge is 0.260 e. The predicted octanol–water partition coefficient (Wildman–Crippen LogP) is 1.33. The van der Waals surface area contributed by atoms with Gasteiger partial charge in [-0.1, -0.05) is 6.92 Å². The van der Waals surface area contributed by atoms with Crippen molar-refractivity contribution in [3.05, 3.63) is 28.6 Å². The molecule has 5 heteroatoms. The van der Waals surface area contributed by atoms with Gasteiger partial charge in [0, 0.05) is 12.2 Å². The Hall–Kier alpha value is -2.04. The van der Waals surface area contributed by atoms with Gasteiger partial charge in [0.2, 0.25) is 5.95 Å². The van der Waals surface area contributed by atoms with Gasteiger partial charge < -0.3 is 11.1 Å². The van der Waals surface area contributed by atoms with Crippen LogP contribution in [0.3, 0.4) is 0 Å². The van der Waals surface area contributed by atoms with E-state index in [4.69, 9.17) is 5.73 Å². The first-order valence-electron chi connectivity index (χ1n) is 5.24. The summed E-state index contributed by atoms with van der Waals surface area (Å²) in [6.45, 7) is 2.83. The van der Waals surface area contributed by atoms with Crippen LogP contribution in [-0.4, -0.2) is 16.5 Å². The summed E-state index contributed by atoms with van der Waals surface area (Å²) in [6, 6.07) is 5.11. The fourth-order valence-electron chi connectivity index (χ4n) is 1.48. The molecular formula is C11H14N4O. The molecule has 0 saturated heterocycles. The highest BCUT2D eigenvalue weighted by Gasteiger charge is 2.03. The molecule has 4 N–H and O–H groups in total. The Balaban J connectivity index is 2.51. The molecule has 0 atom stereocenters. The standard InChI is InChI=1S/C11H14N4O/c1-2-5-13-11-14-9-4-3-7(12)6-8(9)10(16)15-11/h3-4,6H,2,5,12H2,1H3,(H2,13,14,15,16). The van der Waals surface area contributed by atoms with E-state index < -0.39 is 0 Å². The molecule has 0 aliphatic heterocycles. The number of aromatic nitrogens is 2. The maximum atomic E-state index is 11.7. The van der Waals surface area contributed by atoms with E-state index in [0.717, 1.165) is 13.0 Å². The van der Waals surface area contributed by atoms with Crippen LogP contribution < -0.4 is 16.6 Å². The summed E-state index contributed by atoms with van der Waals surface area (Å²) in [5.41, 5.74) is 6.66. The maximum absolute atomic E-state index is 11.7. The van der Waals surface area contributed by atoms with Gasteiger partial charge in [0.15, 0.2) is 0 Å². The number of hydrogen-bond donors (Lipinski definition) is 3. The Morgan fingerprint density at radius 3 is 3.06 bits per heavy atom. The minimum absolute atomic E-state index is 0.170. The van der Waals surface area contributed by atoms with Gasteiger partial charge in [0.05, 0.1) is 10.9 Å². The van der Waals surface area contributed by atoms with Gasteiger partial charge in [0.25, 0.3) is 5.56 Å². The quantitative estimate of drug-likeness (QED) is 0.678. The zero-order chi connectivity index (χ0) is 11.5. The molecule has 0 spiro atoms. The topological polar surface area (TPSA) is 83.8 Å². The van der Waals surface area contributed by atoms with Crippen molar-refractivity contribution in [3.63, 3.8) is 0 Å². The summed E-state index contributed by atoms with van der Waals surface area (Å²) in [6.07, 6.45) is 0.976. The average molecular weight is 218 g/mol. The maximum Gasteiger partial charge on any atom is 0.260 e. The summed E-state index contributed by atoms with van der Waals surface area (Å²) >= 11 is 0. The Kier molecular flexibility index (Phi) is 2.76. The highest BCUT2D eigenvalue weighted by molar-refractivity contribution is 5.81. The predicted molar refractivity (Wildman–Crippen MR) is 65.6 cm³/mol. The highest BCUT2D eigenvalue weighted by atomic mass is 16.1. The van der Waals surface area contributed by atoms with Crippen LogP contribution in [0.4, 0.5) is 11.6 Å².